The molecule has 4 heterocycles. The zero-order valence-electron chi connectivity index (χ0n) is 19.5. The van der Waals surface area contributed by atoms with Crippen LogP contribution in [0.5, 0.6) is 0 Å². The van der Waals surface area contributed by atoms with Crippen molar-refractivity contribution in [2.45, 2.75) is 36.3 Å². The van der Waals surface area contributed by atoms with Crippen LogP contribution in [0.4, 0.5) is 20.6 Å². The highest BCUT2D eigenvalue weighted by Crippen LogP contribution is 2.36. The molecule has 36 heavy (non-hydrogen) atoms. The van der Waals surface area contributed by atoms with Crippen LogP contribution in [0, 0.1) is 5.82 Å². The first kappa shape index (κ1) is 23.1. The van der Waals surface area contributed by atoms with Gasteiger partial charge in [-0.25, -0.2) is 9.18 Å². The van der Waals surface area contributed by atoms with Crippen molar-refractivity contribution >= 4 is 46.0 Å². The molecule has 0 radical (unpaired) electrons. The molecule has 3 aromatic rings. The summed E-state index contributed by atoms with van der Waals surface area (Å²) in [4.78, 5) is 39.0. The molecule has 10 heteroatoms. The van der Waals surface area contributed by atoms with Crippen LogP contribution in [0.1, 0.15) is 24.3 Å². The summed E-state index contributed by atoms with van der Waals surface area (Å²) in [6, 6.07) is 12.1. The van der Waals surface area contributed by atoms with Gasteiger partial charge in [-0.05, 0) is 61.2 Å². The summed E-state index contributed by atoms with van der Waals surface area (Å²) in [5.74, 6) is -0.0342. The van der Waals surface area contributed by atoms with E-state index in [0.717, 1.165) is 22.4 Å². The van der Waals surface area contributed by atoms with E-state index in [1.807, 2.05) is 18.2 Å². The maximum atomic E-state index is 14.6. The maximum absolute atomic E-state index is 14.6. The van der Waals surface area contributed by atoms with E-state index in [1.165, 1.54) is 23.9 Å². The lowest BCUT2D eigenvalue weighted by Crippen LogP contribution is -2.27. The third-order valence-corrected chi connectivity index (χ3v) is 8.07. The average Bonchev–Trinajstić information content (AvgIpc) is 3.44. The zero-order valence-corrected chi connectivity index (χ0v) is 20.3. The Labute approximate surface area is 210 Å². The minimum Gasteiger partial charge on any atom is -0.444 e. The van der Waals surface area contributed by atoms with Crippen molar-refractivity contribution in [3.05, 3.63) is 64.2 Å². The Morgan fingerprint density at radius 2 is 1.97 bits per heavy atom. The van der Waals surface area contributed by atoms with Gasteiger partial charge in [0.05, 0.1) is 23.5 Å². The standard InChI is InChI=1S/C26H25FN4O4S/c27-19-6-3-15-4-8-23(33)31-12-16(24(19)25(15)31)11-28-9-1-2-18-13-30(26(34)35-18)17-5-7-21-20(10-17)29-22(32)14-36-21/h3-8,10,16,18,28H,1-2,9,11-14H2,(H,29,32)/t16-,18+/m0/s1. The largest absolute Gasteiger partial charge is 0.444 e. The van der Waals surface area contributed by atoms with E-state index in [9.17, 15) is 18.8 Å². The average molecular weight is 509 g/mol. The van der Waals surface area contributed by atoms with Crippen LogP contribution < -0.4 is 21.1 Å². The predicted octanol–water partition coefficient (Wildman–Crippen LogP) is 3.68. The summed E-state index contributed by atoms with van der Waals surface area (Å²) in [6.45, 7) is 2.17. The Kier molecular flexibility index (Phi) is 5.93. The molecule has 0 saturated carbocycles. The fourth-order valence-electron chi connectivity index (χ4n) is 5.30. The summed E-state index contributed by atoms with van der Waals surface area (Å²) < 4.78 is 21.8. The van der Waals surface area contributed by atoms with Gasteiger partial charge in [-0.15, -0.1) is 11.8 Å². The van der Waals surface area contributed by atoms with Crippen molar-refractivity contribution in [3.8, 4) is 0 Å². The van der Waals surface area contributed by atoms with Gasteiger partial charge in [0, 0.05) is 41.2 Å². The lowest BCUT2D eigenvalue weighted by Gasteiger charge is -2.20. The summed E-state index contributed by atoms with van der Waals surface area (Å²) in [6.07, 6.45) is 0.871. The molecule has 0 unspecified atom stereocenters. The summed E-state index contributed by atoms with van der Waals surface area (Å²) in [5, 5.41) is 7.12. The smallest absolute Gasteiger partial charge is 0.414 e. The molecule has 6 rings (SSSR count). The van der Waals surface area contributed by atoms with Crippen molar-refractivity contribution in [1.82, 2.24) is 9.88 Å². The second kappa shape index (κ2) is 9.25. The highest BCUT2D eigenvalue weighted by molar-refractivity contribution is 8.00. The molecule has 1 aromatic heterocycles. The second-order valence-electron chi connectivity index (χ2n) is 9.36. The van der Waals surface area contributed by atoms with Crippen LogP contribution in [0.15, 0.2) is 52.2 Å². The third-order valence-electron chi connectivity index (χ3n) is 7.00. The van der Waals surface area contributed by atoms with Gasteiger partial charge in [0.1, 0.15) is 11.9 Å². The van der Waals surface area contributed by atoms with Crippen molar-refractivity contribution in [2.75, 3.05) is 35.6 Å². The number of nitrogens with one attached hydrogen (secondary N) is 2. The van der Waals surface area contributed by atoms with Gasteiger partial charge in [-0.1, -0.05) is 0 Å². The van der Waals surface area contributed by atoms with Gasteiger partial charge in [-0.3, -0.25) is 14.5 Å². The lowest BCUT2D eigenvalue weighted by molar-refractivity contribution is -0.113. The van der Waals surface area contributed by atoms with E-state index in [2.05, 4.69) is 10.6 Å². The number of nitrogens with zero attached hydrogens (tertiary/aromatic N) is 2. The number of benzene rings is 2. The molecule has 8 nitrogen and oxygen atoms in total. The van der Waals surface area contributed by atoms with E-state index in [4.69, 9.17) is 4.74 Å². The molecular formula is C26H25FN4O4S. The first-order valence-electron chi connectivity index (χ1n) is 12.1. The van der Waals surface area contributed by atoms with Crippen LogP contribution in [-0.4, -0.2) is 48.1 Å². The Morgan fingerprint density at radius 1 is 1.11 bits per heavy atom. The Hall–Kier alpha value is -3.37. The Bertz CT molecular complexity index is 1440. The number of halogens is 1. The van der Waals surface area contributed by atoms with Crippen LogP contribution in [0.25, 0.3) is 10.9 Å². The molecule has 0 spiro atoms. The lowest BCUT2D eigenvalue weighted by atomic mass is 9.99. The number of amides is 2. The Balaban J connectivity index is 1.02. The van der Waals surface area contributed by atoms with Crippen molar-refractivity contribution in [2.24, 2.45) is 0 Å². The van der Waals surface area contributed by atoms with Gasteiger partial charge >= 0.3 is 6.09 Å². The number of thioether (sulfide) groups is 1. The number of carbonyl (C=O) groups excluding carboxylic acids is 2. The van der Waals surface area contributed by atoms with E-state index in [0.29, 0.717) is 55.1 Å². The number of cyclic esters (lactones) is 1. The second-order valence-corrected chi connectivity index (χ2v) is 10.4. The number of anilines is 2. The molecule has 2 N–H and O–H groups in total. The van der Waals surface area contributed by atoms with Crippen molar-refractivity contribution in [1.29, 1.82) is 0 Å². The maximum Gasteiger partial charge on any atom is 0.414 e. The first-order chi connectivity index (χ1) is 17.5. The minimum absolute atomic E-state index is 0.0491. The predicted molar refractivity (Wildman–Crippen MR) is 136 cm³/mol. The van der Waals surface area contributed by atoms with Gasteiger partial charge in [-0.2, -0.15) is 0 Å². The molecule has 2 amide bonds. The minimum atomic E-state index is -0.388. The molecule has 0 aliphatic carbocycles. The van der Waals surface area contributed by atoms with Gasteiger partial charge in [0.15, 0.2) is 0 Å². The zero-order chi connectivity index (χ0) is 24.8. The van der Waals surface area contributed by atoms with Crippen molar-refractivity contribution < 1.29 is 18.7 Å². The highest BCUT2D eigenvalue weighted by Gasteiger charge is 2.33. The van der Waals surface area contributed by atoms with Crippen LogP contribution in [0.2, 0.25) is 0 Å². The molecule has 0 bridgehead atoms. The van der Waals surface area contributed by atoms with E-state index < -0.39 is 0 Å². The molecule has 1 fully saturated rings. The Morgan fingerprint density at radius 3 is 2.86 bits per heavy atom. The van der Waals surface area contributed by atoms with Gasteiger partial charge in [0.25, 0.3) is 5.56 Å². The number of hydrogen-bond donors (Lipinski definition) is 2. The molecule has 2 atom stereocenters. The topological polar surface area (TPSA) is 92.7 Å². The van der Waals surface area contributed by atoms with Crippen LogP contribution in [-0.2, 0) is 16.1 Å². The summed E-state index contributed by atoms with van der Waals surface area (Å²) in [5.41, 5.74) is 2.63. The first-order valence-corrected chi connectivity index (χ1v) is 13.0. The number of rotatable bonds is 7. The van der Waals surface area contributed by atoms with E-state index >= 15 is 0 Å². The molecule has 2 aromatic carbocycles. The molecular weight excluding hydrogens is 483 g/mol. The molecule has 1 saturated heterocycles. The summed E-state index contributed by atoms with van der Waals surface area (Å²) >= 11 is 1.48. The van der Waals surface area contributed by atoms with Crippen molar-refractivity contribution in [3.63, 3.8) is 0 Å². The SMILES string of the molecule is O=C1CSc2ccc(N3C[C@@H](CCCNC[C@H]4Cn5c(=O)ccc6ccc(F)c4c65)OC3=O)cc2N1. The van der Waals surface area contributed by atoms with Gasteiger partial charge < -0.3 is 19.9 Å². The van der Waals surface area contributed by atoms with Crippen LogP contribution >= 0.6 is 11.8 Å². The molecule has 3 aliphatic heterocycles. The monoisotopic (exact) mass is 508 g/mol. The number of fused-ring (bicyclic) bond motifs is 1. The quantitative estimate of drug-likeness (QED) is 0.473. The van der Waals surface area contributed by atoms with Gasteiger partial charge in [0.2, 0.25) is 5.91 Å². The third kappa shape index (κ3) is 4.14. The summed E-state index contributed by atoms with van der Waals surface area (Å²) in [7, 11) is 0. The number of aromatic nitrogens is 1. The van der Waals surface area contributed by atoms with E-state index in [1.54, 1.807) is 21.6 Å². The number of carbonyl (C=O) groups is 2. The normalized spacial score (nSPS) is 20.5. The number of ether oxygens (including phenoxy) is 1. The molecule has 3 aliphatic rings. The highest BCUT2D eigenvalue weighted by atomic mass is 32.2. The van der Waals surface area contributed by atoms with E-state index in [-0.39, 0.29) is 35.4 Å². The number of pyridine rings is 1. The molecule has 186 valence electrons. The number of hydrogen-bond acceptors (Lipinski definition) is 6. The fraction of sp³-hybridized carbons (Fsp3) is 0.346. The fourth-order valence-corrected chi connectivity index (χ4v) is 6.09. The van der Waals surface area contributed by atoms with Crippen LogP contribution in [0.3, 0.4) is 0 Å².